The lowest BCUT2D eigenvalue weighted by Crippen LogP contribution is -2.32. The van der Waals surface area contributed by atoms with Crippen molar-refractivity contribution in [1.29, 1.82) is 0 Å². The largest absolute Gasteiger partial charge is 0.370 e. The predicted molar refractivity (Wildman–Crippen MR) is 81.7 cm³/mol. The molecule has 1 aromatic rings. The molecule has 6 heteroatoms. The van der Waals surface area contributed by atoms with Crippen LogP contribution in [0.2, 0.25) is 0 Å². The van der Waals surface area contributed by atoms with Gasteiger partial charge in [-0.15, -0.1) is 0 Å². The number of aromatic nitrogens is 1. The lowest BCUT2D eigenvalue weighted by molar-refractivity contribution is 0.581. The third-order valence-corrected chi connectivity index (χ3v) is 5.41. The highest BCUT2D eigenvalue weighted by Crippen LogP contribution is 2.23. The Morgan fingerprint density at radius 3 is 2.85 bits per heavy atom. The average molecular weight is 297 g/mol. The van der Waals surface area contributed by atoms with Crippen LogP contribution >= 0.6 is 0 Å². The Bertz CT molecular complexity index is 557. The van der Waals surface area contributed by atoms with E-state index in [0.717, 1.165) is 17.9 Å². The van der Waals surface area contributed by atoms with Gasteiger partial charge in [0, 0.05) is 37.6 Å². The first-order chi connectivity index (χ1) is 9.37. The summed E-state index contributed by atoms with van der Waals surface area (Å²) in [5.41, 5.74) is 2.01. The molecule has 2 rings (SSSR count). The van der Waals surface area contributed by atoms with E-state index in [1.807, 2.05) is 19.2 Å². The minimum Gasteiger partial charge on any atom is -0.370 e. The molecule has 1 aromatic heterocycles. The van der Waals surface area contributed by atoms with E-state index in [-0.39, 0.29) is 11.8 Å². The summed E-state index contributed by atoms with van der Waals surface area (Å²) in [6.45, 7) is 4.92. The lowest BCUT2D eigenvalue weighted by atomic mass is 10.2. The molecule has 1 saturated heterocycles. The van der Waals surface area contributed by atoms with Gasteiger partial charge in [0.2, 0.25) is 0 Å². The van der Waals surface area contributed by atoms with Crippen molar-refractivity contribution in [1.82, 2.24) is 10.3 Å². The fraction of sp³-hybridized carbons (Fsp3) is 0.643. The molecule has 0 aromatic carbocycles. The fourth-order valence-electron chi connectivity index (χ4n) is 2.38. The van der Waals surface area contributed by atoms with Crippen LogP contribution in [0, 0.1) is 0 Å². The van der Waals surface area contributed by atoms with Crippen molar-refractivity contribution >= 4 is 15.5 Å². The Balaban J connectivity index is 2.06. The van der Waals surface area contributed by atoms with Gasteiger partial charge in [-0.3, -0.25) is 4.98 Å². The standard InChI is InChI=1S/C14H23N3O2S/c1-11(2)16-9-12-8-13(4-6-15-12)17(3)14-5-7-20(18,19)10-14/h4,6,8,11,14,16H,5,7,9-10H2,1-3H3. The molecule has 1 fully saturated rings. The molecule has 1 unspecified atom stereocenters. The molecule has 2 heterocycles. The monoisotopic (exact) mass is 297 g/mol. The summed E-state index contributed by atoms with van der Waals surface area (Å²) in [6, 6.07) is 4.45. The Hall–Kier alpha value is -1.14. The first-order valence-electron chi connectivity index (χ1n) is 6.99. The summed E-state index contributed by atoms with van der Waals surface area (Å²) in [5, 5.41) is 3.33. The highest BCUT2D eigenvalue weighted by molar-refractivity contribution is 7.91. The molecule has 112 valence electrons. The van der Waals surface area contributed by atoms with Gasteiger partial charge in [0.15, 0.2) is 9.84 Å². The molecule has 1 atom stereocenters. The highest BCUT2D eigenvalue weighted by Gasteiger charge is 2.30. The molecule has 0 radical (unpaired) electrons. The number of rotatable bonds is 5. The lowest BCUT2D eigenvalue weighted by Gasteiger charge is -2.26. The molecule has 0 aliphatic carbocycles. The third-order valence-electron chi connectivity index (χ3n) is 3.65. The predicted octanol–water partition coefficient (Wildman–Crippen LogP) is 1.20. The smallest absolute Gasteiger partial charge is 0.152 e. The van der Waals surface area contributed by atoms with Gasteiger partial charge >= 0.3 is 0 Å². The molecule has 1 aliphatic rings. The van der Waals surface area contributed by atoms with Crippen LogP contribution in [0.25, 0.3) is 0 Å². The van der Waals surface area contributed by atoms with Gasteiger partial charge < -0.3 is 10.2 Å². The van der Waals surface area contributed by atoms with E-state index in [4.69, 9.17) is 0 Å². The van der Waals surface area contributed by atoms with Crippen LogP contribution in [-0.2, 0) is 16.4 Å². The molecule has 1 N–H and O–H groups in total. The first-order valence-corrected chi connectivity index (χ1v) is 8.81. The summed E-state index contributed by atoms with van der Waals surface area (Å²) in [7, 11) is -0.891. The number of nitrogens with zero attached hydrogens (tertiary/aromatic N) is 2. The van der Waals surface area contributed by atoms with Crippen molar-refractivity contribution in [3.63, 3.8) is 0 Å². The van der Waals surface area contributed by atoms with Crippen LogP contribution in [0.3, 0.4) is 0 Å². The van der Waals surface area contributed by atoms with Crippen LogP contribution in [0.4, 0.5) is 5.69 Å². The number of nitrogens with one attached hydrogen (secondary N) is 1. The van der Waals surface area contributed by atoms with Crippen LogP contribution in [0.5, 0.6) is 0 Å². The molecule has 0 amide bonds. The van der Waals surface area contributed by atoms with Crippen molar-refractivity contribution in [3.8, 4) is 0 Å². The maximum atomic E-state index is 11.6. The maximum absolute atomic E-state index is 11.6. The molecule has 0 bridgehead atoms. The minimum atomic E-state index is -2.85. The van der Waals surface area contributed by atoms with Crippen molar-refractivity contribution in [2.75, 3.05) is 23.5 Å². The van der Waals surface area contributed by atoms with E-state index >= 15 is 0 Å². The van der Waals surface area contributed by atoms with Crippen LogP contribution in [0.15, 0.2) is 18.3 Å². The van der Waals surface area contributed by atoms with Gasteiger partial charge in [0.1, 0.15) is 0 Å². The number of anilines is 1. The molecule has 20 heavy (non-hydrogen) atoms. The summed E-state index contributed by atoms with van der Waals surface area (Å²) < 4.78 is 23.1. The van der Waals surface area contributed by atoms with Crippen molar-refractivity contribution in [3.05, 3.63) is 24.0 Å². The van der Waals surface area contributed by atoms with E-state index in [0.29, 0.717) is 18.2 Å². The molecular weight excluding hydrogens is 274 g/mol. The molecule has 0 spiro atoms. The van der Waals surface area contributed by atoms with Gasteiger partial charge in [-0.05, 0) is 18.6 Å². The third kappa shape index (κ3) is 3.93. The zero-order chi connectivity index (χ0) is 14.8. The SMILES string of the molecule is CC(C)NCc1cc(N(C)C2CCS(=O)(=O)C2)ccn1. The van der Waals surface area contributed by atoms with Crippen LogP contribution < -0.4 is 10.2 Å². The second-order valence-corrected chi connectivity index (χ2v) is 7.94. The Labute approximate surface area is 121 Å². The van der Waals surface area contributed by atoms with Crippen molar-refractivity contribution in [2.24, 2.45) is 0 Å². The fourth-order valence-corrected chi connectivity index (χ4v) is 4.16. The van der Waals surface area contributed by atoms with E-state index < -0.39 is 9.84 Å². The second kappa shape index (κ2) is 6.10. The van der Waals surface area contributed by atoms with Gasteiger partial charge in [0.05, 0.1) is 17.2 Å². The molecule has 5 nitrogen and oxygen atoms in total. The van der Waals surface area contributed by atoms with E-state index in [1.54, 1.807) is 6.20 Å². The Kier molecular flexibility index (Phi) is 4.65. The average Bonchev–Trinajstić information content (AvgIpc) is 2.76. The summed E-state index contributed by atoms with van der Waals surface area (Å²) in [6.07, 6.45) is 2.49. The Morgan fingerprint density at radius 2 is 2.25 bits per heavy atom. The number of hydrogen-bond donors (Lipinski definition) is 1. The maximum Gasteiger partial charge on any atom is 0.152 e. The highest BCUT2D eigenvalue weighted by atomic mass is 32.2. The topological polar surface area (TPSA) is 62.3 Å². The quantitative estimate of drug-likeness (QED) is 0.885. The van der Waals surface area contributed by atoms with Gasteiger partial charge in [-0.1, -0.05) is 13.8 Å². The zero-order valence-electron chi connectivity index (χ0n) is 12.3. The molecule has 0 saturated carbocycles. The number of hydrogen-bond acceptors (Lipinski definition) is 5. The molecular formula is C14H23N3O2S. The van der Waals surface area contributed by atoms with Gasteiger partial charge in [-0.2, -0.15) is 0 Å². The number of sulfone groups is 1. The van der Waals surface area contributed by atoms with Gasteiger partial charge in [-0.25, -0.2) is 8.42 Å². The Morgan fingerprint density at radius 1 is 1.50 bits per heavy atom. The van der Waals surface area contributed by atoms with E-state index in [9.17, 15) is 8.42 Å². The van der Waals surface area contributed by atoms with Crippen molar-refractivity contribution in [2.45, 2.75) is 38.9 Å². The number of pyridine rings is 1. The first kappa shape index (κ1) is 15.3. The second-order valence-electron chi connectivity index (χ2n) is 5.71. The van der Waals surface area contributed by atoms with Crippen LogP contribution in [-0.4, -0.2) is 44.0 Å². The normalized spacial score (nSPS) is 21.3. The minimum absolute atomic E-state index is 0.0771. The van der Waals surface area contributed by atoms with E-state index in [1.165, 1.54) is 0 Å². The van der Waals surface area contributed by atoms with E-state index in [2.05, 4.69) is 29.0 Å². The molecule has 1 aliphatic heterocycles. The van der Waals surface area contributed by atoms with Gasteiger partial charge in [0.25, 0.3) is 0 Å². The summed E-state index contributed by atoms with van der Waals surface area (Å²) >= 11 is 0. The zero-order valence-corrected chi connectivity index (χ0v) is 13.2. The summed E-state index contributed by atoms with van der Waals surface area (Å²) in [5.74, 6) is 0.556. The van der Waals surface area contributed by atoms with Crippen molar-refractivity contribution < 1.29 is 8.42 Å². The van der Waals surface area contributed by atoms with Crippen LogP contribution in [0.1, 0.15) is 26.0 Å². The summed E-state index contributed by atoms with van der Waals surface area (Å²) in [4.78, 5) is 6.40.